The molecular weight excluding hydrogens is 1710 g/mol. The van der Waals surface area contributed by atoms with Crippen molar-refractivity contribution in [2.24, 2.45) is 0 Å². The van der Waals surface area contributed by atoms with Crippen LogP contribution in [0.2, 0.25) is 0 Å². The minimum Gasteiger partial charge on any atom is -0.480 e. The van der Waals surface area contributed by atoms with Gasteiger partial charge in [-0.2, -0.15) is 47.4 Å². The van der Waals surface area contributed by atoms with Gasteiger partial charge in [0.05, 0.1) is 52.0 Å². The number of hydrogen-bond acceptors (Lipinski definition) is 23. The van der Waals surface area contributed by atoms with E-state index in [4.69, 9.17) is 33.2 Å². The van der Waals surface area contributed by atoms with E-state index < -0.39 is 40.7 Å². The van der Waals surface area contributed by atoms with Crippen LogP contribution < -0.4 is 14.7 Å². The van der Waals surface area contributed by atoms with Gasteiger partial charge >= 0.3 is 23.9 Å². The summed E-state index contributed by atoms with van der Waals surface area (Å²) in [6.45, 7) is 15.1. The van der Waals surface area contributed by atoms with E-state index in [0.717, 1.165) is 225 Å². The molecule has 5 aliphatic rings. The number of fused-ring (bicyclic) bond motifs is 2. The molecule has 0 unspecified atom stereocenters. The summed E-state index contributed by atoms with van der Waals surface area (Å²) < 4.78 is 41.9. The fourth-order valence-electron chi connectivity index (χ4n) is 18.1. The molecule has 23 nitrogen and oxygen atoms in total. The molecule has 5 heterocycles. The van der Waals surface area contributed by atoms with Crippen LogP contribution >= 0.6 is 0 Å². The molecular formula is C114H138N12O11. The van der Waals surface area contributed by atoms with E-state index >= 15 is 0 Å². The van der Waals surface area contributed by atoms with Crippen molar-refractivity contribution in [1.29, 1.82) is 47.4 Å². The smallest absolute Gasteiger partial charge is 0.306 e. The lowest BCUT2D eigenvalue weighted by molar-refractivity contribution is -0.150. The first-order chi connectivity index (χ1) is 66.8. The zero-order valence-corrected chi connectivity index (χ0v) is 81.7. The fourth-order valence-corrected chi connectivity index (χ4v) is 18.1. The van der Waals surface area contributed by atoms with Crippen molar-refractivity contribution in [1.82, 2.24) is 0 Å². The largest absolute Gasteiger partial charge is 0.480 e. The number of nitrogens with zero attached hydrogens (tertiary/aromatic N) is 12. The van der Waals surface area contributed by atoms with Crippen LogP contribution in [0.1, 0.15) is 315 Å². The van der Waals surface area contributed by atoms with Crippen molar-refractivity contribution in [3.63, 3.8) is 0 Å². The SMILES string of the molecule is CCCCCCCCC1(CCCCCCCC)OC(=C(C#N)C#N)C(C#N)=C1/C=C/C=C1\C=CN(CCOC(=O)CCC(=O)OCCCCCCN(CCCCCCOC(=O)CCC(=O)OCCN2C=C/C(=C\C=C\C3=C(C#N)C(=C(C#N)C#N)OC3(CCCCCCCC)CCCCCCCC)c3ccccc32)c2ccc(/C=C/C3=C(C#N)C(=C(C#N)C#N)OC3(C)C)cc2)c2ccccc21. The van der Waals surface area contributed by atoms with E-state index in [2.05, 4.69) is 50.8 Å². The summed E-state index contributed by atoms with van der Waals surface area (Å²) in [5.74, 6) is -1.87. The minimum absolute atomic E-state index is 0.0283. The highest BCUT2D eigenvalue weighted by atomic mass is 16.6. The predicted molar refractivity (Wildman–Crippen MR) is 534 cm³/mol. The molecule has 0 saturated heterocycles. The Labute approximate surface area is 814 Å². The summed E-state index contributed by atoms with van der Waals surface area (Å²) in [4.78, 5) is 58.3. The van der Waals surface area contributed by atoms with Gasteiger partial charge in [0.2, 0.25) is 0 Å². The van der Waals surface area contributed by atoms with Crippen LogP contribution in [-0.2, 0) is 52.3 Å². The fraction of sp³-hybridized carbons (Fsp3) is 0.500. The monoisotopic (exact) mass is 1850 g/mol. The lowest BCUT2D eigenvalue weighted by Crippen LogP contribution is -2.31. The summed E-state index contributed by atoms with van der Waals surface area (Å²) in [6, 6.07) is 42.3. The Morgan fingerprint density at radius 2 is 0.686 bits per heavy atom. The third kappa shape index (κ3) is 33.4. The maximum Gasteiger partial charge on any atom is 0.306 e. The second-order valence-electron chi connectivity index (χ2n) is 36.0. The third-order valence-corrected chi connectivity index (χ3v) is 25.6. The summed E-state index contributed by atoms with van der Waals surface area (Å²) >= 11 is 0. The molecule has 720 valence electrons. The quantitative estimate of drug-likeness (QED) is 0.0219. The molecule has 0 N–H and O–H groups in total. The molecule has 23 heteroatoms. The number of carbonyl (C=O) groups excluding carboxylic acids is 4. The van der Waals surface area contributed by atoms with Gasteiger partial charge < -0.3 is 47.9 Å². The highest BCUT2D eigenvalue weighted by Crippen LogP contribution is 2.50. The number of nitriles is 9. The molecule has 0 saturated carbocycles. The molecule has 137 heavy (non-hydrogen) atoms. The Balaban J connectivity index is 0.779. The Hall–Kier alpha value is -13.6. The van der Waals surface area contributed by atoms with Crippen LogP contribution in [0.25, 0.3) is 17.2 Å². The molecule has 0 atom stereocenters. The summed E-state index contributed by atoms with van der Waals surface area (Å²) in [5.41, 5.74) is 6.57. The van der Waals surface area contributed by atoms with Crippen LogP contribution in [0.15, 0.2) is 207 Å². The molecule has 8 rings (SSSR count). The van der Waals surface area contributed by atoms with Gasteiger partial charge in [0.15, 0.2) is 34.0 Å². The van der Waals surface area contributed by atoms with E-state index in [-0.39, 0.29) is 103 Å². The number of hydrogen-bond donors (Lipinski definition) is 0. The maximum absolute atomic E-state index is 13.0. The predicted octanol–water partition coefficient (Wildman–Crippen LogP) is 26.0. The van der Waals surface area contributed by atoms with Crippen molar-refractivity contribution < 1.29 is 52.3 Å². The summed E-state index contributed by atoms with van der Waals surface area (Å²) in [6.07, 6.45) is 57.5. The van der Waals surface area contributed by atoms with Gasteiger partial charge in [-0.05, 0) is 157 Å². The number of benzene rings is 3. The molecule has 0 aliphatic carbocycles. The lowest BCUT2D eigenvalue weighted by atomic mass is 9.82. The van der Waals surface area contributed by atoms with Crippen molar-refractivity contribution in [3.05, 3.63) is 224 Å². The highest BCUT2D eigenvalue weighted by Gasteiger charge is 2.47. The number of para-hydroxylation sites is 2. The summed E-state index contributed by atoms with van der Waals surface area (Å²) in [7, 11) is 0. The number of ether oxygens (including phenoxy) is 7. The van der Waals surface area contributed by atoms with Crippen molar-refractivity contribution in [2.75, 3.05) is 67.3 Å². The minimum atomic E-state index is -0.965. The number of allylic oxidation sites excluding steroid dienone is 14. The van der Waals surface area contributed by atoms with Gasteiger partial charge in [0.1, 0.15) is 101 Å². The normalized spacial score (nSPS) is 15.3. The van der Waals surface area contributed by atoms with Gasteiger partial charge in [0, 0.05) is 70.4 Å². The average Bonchev–Trinajstić information content (AvgIpc) is 1.61. The standard InChI is InChI=1S/C114H138N12O11/c1-7-11-15-19-23-35-65-113(66-36-24-20-16-12-8-2)101(98(86-122)110(136-113)92(81-117)82-118)49-43-45-89-63-71-125(103-51-33-31-47-95(89)103)73-77-133-107(129)61-59-105(127)131-75-41-29-27-39-69-124(94-56-53-88(54-57-94)55-58-100-97(85-121)109(91(79-115)80-116)135-112(100,5)6)70-40-28-30-42-76-132-106(128)60-62-108(130)134-78-74-126-72-64-90(96-48-32-34-52-104(96)126)46-44-50-102-99(87-123)111(93(83-119)84-120)137-114(102,67-37-25-21-17-13-9-3)68-38-26-22-18-14-10-4/h31-34,43-58,63-64,71-72H,7-30,35-42,59-62,65-70,73-78H2,1-6H3/b49-43+,50-44+,58-55+,89-45+,90-46+. The van der Waals surface area contributed by atoms with Gasteiger partial charge in [0.25, 0.3) is 0 Å². The molecule has 0 bridgehead atoms. The second kappa shape index (κ2) is 60.0. The van der Waals surface area contributed by atoms with Gasteiger partial charge in [-0.25, -0.2) is 0 Å². The molecule has 0 spiro atoms. The Morgan fingerprint density at radius 3 is 1.04 bits per heavy atom. The van der Waals surface area contributed by atoms with E-state index in [9.17, 15) is 66.5 Å². The van der Waals surface area contributed by atoms with E-state index in [0.29, 0.717) is 68.3 Å². The number of rotatable bonds is 61. The highest BCUT2D eigenvalue weighted by molar-refractivity contribution is 5.88. The molecule has 0 amide bonds. The number of esters is 4. The van der Waals surface area contributed by atoms with E-state index in [1.54, 1.807) is 19.9 Å². The first kappa shape index (κ1) is 109. The Kier molecular flexibility index (Phi) is 47.6. The molecule has 0 radical (unpaired) electrons. The van der Waals surface area contributed by atoms with Gasteiger partial charge in [-0.1, -0.05) is 266 Å². The second-order valence-corrected chi connectivity index (χ2v) is 36.0. The Morgan fingerprint density at radius 1 is 0.365 bits per heavy atom. The number of anilines is 3. The van der Waals surface area contributed by atoms with Gasteiger partial charge in [-0.15, -0.1) is 0 Å². The van der Waals surface area contributed by atoms with Gasteiger partial charge in [-0.3, -0.25) is 19.2 Å². The number of carbonyl (C=O) groups is 4. The molecule has 0 fully saturated rings. The van der Waals surface area contributed by atoms with Crippen LogP contribution in [-0.4, -0.2) is 93.3 Å². The zero-order chi connectivity index (χ0) is 98.3. The maximum atomic E-state index is 13.0. The van der Waals surface area contributed by atoms with Crippen molar-refractivity contribution >= 4 is 58.2 Å². The van der Waals surface area contributed by atoms with Crippen LogP contribution in [0.5, 0.6) is 0 Å². The van der Waals surface area contributed by atoms with Crippen molar-refractivity contribution in [3.8, 4) is 54.6 Å². The number of unbranched alkanes of at least 4 members (excludes halogenated alkanes) is 26. The first-order valence-corrected chi connectivity index (χ1v) is 50.0. The van der Waals surface area contributed by atoms with Crippen LogP contribution in [0.3, 0.4) is 0 Å². The van der Waals surface area contributed by atoms with E-state index in [1.807, 2.05) is 186 Å². The molecule has 5 aliphatic heterocycles. The van der Waals surface area contributed by atoms with E-state index in [1.165, 1.54) is 25.7 Å². The zero-order valence-electron chi connectivity index (χ0n) is 81.7. The van der Waals surface area contributed by atoms with Crippen LogP contribution in [0, 0.1) is 102 Å². The molecule has 3 aromatic rings. The molecule has 3 aromatic carbocycles. The average molecular weight is 1850 g/mol. The lowest BCUT2D eigenvalue weighted by Gasteiger charge is -2.31. The summed E-state index contributed by atoms with van der Waals surface area (Å²) in [5, 5.41) is 90.8. The molecule has 0 aromatic heterocycles. The Bertz CT molecular complexity index is 5090. The van der Waals surface area contributed by atoms with Crippen LogP contribution in [0.4, 0.5) is 17.1 Å². The topological polar surface area (TPSA) is 357 Å². The third-order valence-electron chi connectivity index (χ3n) is 25.6. The van der Waals surface area contributed by atoms with Crippen molar-refractivity contribution in [2.45, 2.75) is 315 Å². The first-order valence-electron chi connectivity index (χ1n) is 50.0.